The first-order valence-electron chi connectivity index (χ1n) is 8.33. The van der Waals surface area contributed by atoms with E-state index >= 15 is 0 Å². The van der Waals surface area contributed by atoms with E-state index in [0.29, 0.717) is 26.6 Å². The summed E-state index contributed by atoms with van der Waals surface area (Å²) in [5.74, 6) is -0.883. The van der Waals surface area contributed by atoms with E-state index in [1.807, 2.05) is 54.6 Å². The van der Waals surface area contributed by atoms with Crippen LogP contribution in [-0.2, 0) is 0 Å². The molecule has 0 atom stereocenters. The first kappa shape index (κ1) is 17.4. The van der Waals surface area contributed by atoms with Crippen LogP contribution in [0.1, 0.15) is 10.4 Å². The first-order valence-corrected chi connectivity index (χ1v) is 9.13. The highest BCUT2D eigenvalue weighted by atomic mass is 79.9. The minimum atomic E-state index is -0.501. The molecule has 4 rings (SSSR count). The Balaban J connectivity index is 1.81. The maximum atomic E-state index is 14.1. The molecular weight excluding hydrogens is 407 g/mol. The lowest BCUT2D eigenvalue weighted by Gasteiger charge is -2.11. The summed E-state index contributed by atoms with van der Waals surface area (Å²) in [5, 5.41) is 3.38. The van der Waals surface area contributed by atoms with Gasteiger partial charge in [-0.1, -0.05) is 64.5 Å². The fraction of sp³-hybridized carbons (Fsp3) is 0. The highest BCUT2D eigenvalue weighted by Crippen LogP contribution is 2.26. The second-order valence-electron chi connectivity index (χ2n) is 6.02. The van der Waals surface area contributed by atoms with Crippen molar-refractivity contribution in [3.63, 3.8) is 0 Å². The molecule has 27 heavy (non-hydrogen) atoms. The average molecular weight is 421 g/mol. The van der Waals surface area contributed by atoms with E-state index in [9.17, 15) is 9.18 Å². The van der Waals surface area contributed by atoms with Gasteiger partial charge in [0.15, 0.2) is 0 Å². The molecule has 0 spiro atoms. The van der Waals surface area contributed by atoms with Crippen molar-refractivity contribution in [3.8, 4) is 11.3 Å². The molecule has 0 bridgehead atoms. The zero-order valence-corrected chi connectivity index (χ0v) is 15.7. The predicted molar refractivity (Wildman–Crippen MR) is 109 cm³/mol. The maximum Gasteiger partial charge on any atom is 0.256 e. The van der Waals surface area contributed by atoms with E-state index in [2.05, 4.69) is 26.2 Å². The van der Waals surface area contributed by atoms with Crippen molar-refractivity contribution in [2.45, 2.75) is 0 Å². The number of hydrogen-bond acceptors (Lipinski definition) is 2. The van der Waals surface area contributed by atoms with E-state index in [1.54, 1.807) is 12.1 Å². The third-order valence-corrected chi connectivity index (χ3v) is 4.70. The lowest BCUT2D eigenvalue weighted by Crippen LogP contribution is -2.14. The van der Waals surface area contributed by atoms with Crippen molar-refractivity contribution in [1.29, 1.82) is 0 Å². The van der Waals surface area contributed by atoms with Gasteiger partial charge in [-0.25, -0.2) is 9.37 Å². The Hall–Kier alpha value is -3.05. The van der Waals surface area contributed by atoms with Crippen molar-refractivity contribution in [2.75, 3.05) is 5.32 Å². The van der Waals surface area contributed by atoms with Gasteiger partial charge in [0.2, 0.25) is 0 Å². The lowest BCUT2D eigenvalue weighted by atomic mass is 10.0. The van der Waals surface area contributed by atoms with Gasteiger partial charge in [-0.3, -0.25) is 4.79 Å². The van der Waals surface area contributed by atoms with Crippen molar-refractivity contribution in [2.24, 2.45) is 0 Å². The fourth-order valence-electron chi connectivity index (χ4n) is 2.90. The SMILES string of the molecule is O=C(Nc1ccc(Br)cc1F)c1cc(-c2ccccc2)nc2ccccc12. The van der Waals surface area contributed by atoms with Crippen LogP contribution in [0, 0.1) is 5.82 Å². The predicted octanol–water partition coefficient (Wildman–Crippen LogP) is 6.06. The van der Waals surface area contributed by atoms with E-state index in [0.717, 1.165) is 5.56 Å². The van der Waals surface area contributed by atoms with Gasteiger partial charge in [0.05, 0.1) is 22.5 Å². The Morgan fingerprint density at radius 3 is 2.44 bits per heavy atom. The van der Waals surface area contributed by atoms with Gasteiger partial charge in [-0.2, -0.15) is 0 Å². The molecule has 0 saturated carbocycles. The summed E-state index contributed by atoms with van der Waals surface area (Å²) in [4.78, 5) is 17.6. The molecule has 0 radical (unpaired) electrons. The topological polar surface area (TPSA) is 42.0 Å². The van der Waals surface area contributed by atoms with Crippen LogP contribution in [0.2, 0.25) is 0 Å². The number of halogens is 2. The summed E-state index contributed by atoms with van der Waals surface area (Å²) in [6, 6.07) is 23.3. The Morgan fingerprint density at radius 2 is 1.67 bits per heavy atom. The molecule has 1 N–H and O–H groups in total. The lowest BCUT2D eigenvalue weighted by molar-refractivity contribution is 0.102. The van der Waals surface area contributed by atoms with Crippen LogP contribution in [-0.4, -0.2) is 10.9 Å². The molecule has 0 unspecified atom stereocenters. The number of carbonyl (C=O) groups excluding carboxylic acids is 1. The molecule has 0 aliphatic heterocycles. The zero-order valence-electron chi connectivity index (χ0n) is 14.1. The number of amides is 1. The number of benzene rings is 3. The third-order valence-electron chi connectivity index (χ3n) is 4.21. The largest absolute Gasteiger partial charge is 0.319 e. The van der Waals surface area contributed by atoms with Crippen molar-refractivity contribution in [1.82, 2.24) is 4.98 Å². The Bertz CT molecular complexity index is 1150. The molecule has 1 amide bonds. The number of nitrogens with zero attached hydrogens (tertiary/aromatic N) is 1. The van der Waals surface area contributed by atoms with Crippen LogP contribution < -0.4 is 5.32 Å². The quantitative estimate of drug-likeness (QED) is 0.437. The zero-order chi connectivity index (χ0) is 18.8. The van der Waals surface area contributed by atoms with E-state index < -0.39 is 5.82 Å². The van der Waals surface area contributed by atoms with Gasteiger partial charge in [-0.05, 0) is 30.3 Å². The second kappa shape index (κ2) is 7.29. The summed E-state index contributed by atoms with van der Waals surface area (Å²) >= 11 is 3.21. The van der Waals surface area contributed by atoms with Crippen molar-refractivity contribution in [3.05, 3.63) is 94.7 Å². The van der Waals surface area contributed by atoms with Gasteiger partial charge < -0.3 is 5.32 Å². The summed E-state index contributed by atoms with van der Waals surface area (Å²) in [6.07, 6.45) is 0. The van der Waals surface area contributed by atoms with E-state index in [4.69, 9.17) is 0 Å². The Morgan fingerprint density at radius 1 is 0.926 bits per heavy atom. The smallest absolute Gasteiger partial charge is 0.256 e. The third kappa shape index (κ3) is 3.59. The summed E-state index contributed by atoms with van der Waals surface area (Å²) in [7, 11) is 0. The van der Waals surface area contributed by atoms with Gasteiger partial charge in [0.25, 0.3) is 5.91 Å². The number of para-hydroxylation sites is 1. The molecule has 3 aromatic carbocycles. The Kier molecular flexibility index (Phi) is 4.69. The first-order chi connectivity index (χ1) is 13.1. The van der Waals surface area contributed by atoms with Gasteiger partial charge >= 0.3 is 0 Å². The number of pyridine rings is 1. The van der Waals surface area contributed by atoms with Gasteiger partial charge in [-0.15, -0.1) is 0 Å². The molecule has 1 heterocycles. The van der Waals surface area contributed by atoms with Crippen LogP contribution >= 0.6 is 15.9 Å². The molecule has 0 aliphatic rings. The molecule has 5 heteroatoms. The highest BCUT2D eigenvalue weighted by molar-refractivity contribution is 9.10. The molecule has 3 nitrogen and oxygen atoms in total. The molecule has 0 saturated heterocycles. The minimum absolute atomic E-state index is 0.130. The molecule has 132 valence electrons. The maximum absolute atomic E-state index is 14.1. The second-order valence-corrected chi connectivity index (χ2v) is 6.93. The Labute approximate surface area is 164 Å². The van der Waals surface area contributed by atoms with Crippen LogP contribution in [0.5, 0.6) is 0 Å². The number of aromatic nitrogens is 1. The van der Waals surface area contributed by atoms with Crippen LogP contribution in [0.15, 0.2) is 83.3 Å². The number of nitrogens with one attached hydrogen (secondary N) is 1. The summed E-state index contributed by atoms with van der Waals surface area (Å²) in [5.41, 5.74) is 2.88. The average Bonchev–Trinajstić information content (AvgIpc) is 2.70. The number of fused-ring (bicyclic) bond motifs is 1. The monoisotopic (exact) mass is 420 g/mol. The molecule has 0 fully saturated rings. The number of hydrogen-bond donors (Lipinski definition) is 1. The number of rotatable bonds is 3. The minimum Gasteiger partial charge on any atom is -0.319 e. The molecule has 0 aliphatic carbocycles. The van der Waals surface area contributed by atoms with Gasteiger partial charge in [0.1, 0.15) is 5.82 Å². The molecule has 4 aromatic rings. The van der Waals surface area contributed by atoms with Gasteiger partial charge in [0, 0.05) is 15.4 Å². The van der Waals surface area contributed by atoms with E-state index in [-0.39, 0.29) is 11.6 Å². The van der Waals surface area contributed by atoms with Crippen molar-refractivity contribution < 1.29 is 9.18 Å². The normalized spacial score (nSPS) is 10.7. The van der Waals surface area contributed by atoms with Crippen molar-refractivity contribution >= 4 is 38.4 Å². The number of anilines is 1. The van der Waals surface area contributed by atoms with Crippen LogP contribution in [0.4, 0.5) is 10.1 Å². The fourth-order valence-corrected chi connectivity index (χ4v) is 3.23. The van der Waals surface area contributed by atoms with E-state index in [1.165, 1.54) is 12.1 Å². The molecule has 1 aromatic heterocycles. The van der Waals surface area contributed by atoms with Crippen LogP contribution in [0.3, 0.4) is 0 Å². The summed E-state index contributed by atoms with van der Waals surface area (Å²) in [6.45, 7) is 0. The number of carbonyl (C=O) groups is 1. The summed E-state index contributed by atoms with van der Waals surface area (Å²) < 4.78 is 14.7. The van der Waals surface area contributed by atoms with Crippen LogP contribution in [0.25, 0.3) is 22.2 Å². The standard InChI is InChI=1S/C22H14BrFN2O/c23-15-10-11-20(18(24)12-15)26-22(27)17-13-21(14-6-2-1-3-7-14)25-19-9-5-4-8-16(17)19/h1-13H,(H,26,27). The highest BCUT2D eigenvalue weighted by Gasteiger charge is 2.15. The molecular formula is C22H14BrFN2O.